The van der Waals surface area contributed by atoms with Gasteiger partial charge in [0.05, 0.1) is 17.3 Å². The van der Waals surface area contributed by atoms with Gasteiger partial charge in [-0.15, -0.1) is 0 Å². The molecule has 0 spiro atoms. The maximum atomic E-state index is 15.3. The number of nitrogens with one attached hydrogen (secondary N) is 1. The highest BCUT2D eigenvalue weighted by Crippen LogP contribution is 2.35. The van der Waals surface area contributed by atoms with Gasteiger partial charge in [-0.3, -0.25) is 9.59 Å². The van der Waals surface area contributed by atoms with Crippen LogP contribution in [0.25, 0.3) is 22.2 Å². The van der Waals surface area contributed by atoms with Gasteiger partial charge in [0.15, 0.2) is 0 Å². The average Bonchev–Trinajstić information content (AvgIpc) is 3.00. The van der Waals surface area contributed by atoms with Crippen molar-refractivity contribution in [3.05, 3.63) is 101 Å². The first kappa shape index (κ1) is 28.5. The second kappa shape index (κ2) is 12.6. The quantitative estimate of drug-likeness (QED) is 0.249. The number of carbonyl (C=O) groups is 2. The number of pyridine rings is 1. The Balaban J connectivity index is 1.60. The van der Waals surface area contributed by atoms with E-state index in [1.54, 1.807) is 12.1 Å². The summed E-state index contributed by atoms with van der Waals surface area (Å²) in [6.07, 6.45) is 3.03. The molecule has 5 rings (SSSR count). The summed E-state index contributed by atoms with van der Waals surface area (Å²) in [5.74, 6) is -0.247. The van der Waals surface area contributed by atoms with Crippen molar-refractivity contribution >= 4 is 22.7 Å². The van der Waals surface area contributed by atoms with Crippen molar-refractivity contribution in [2.24, 2.45) is 11.8 Å². The maximum absolute atomic E-state index is 15.3. The highest BCUT2D eigenvalue weighted by atomic mass is 19.1. The molecule has 1 N–H and O–H groups in total. The van der Waals surface area contributed by atoms with Gasteiger partial charge in [-0.25, -0.2) is 9.37 Å². The van der Waals surface area contributed by atoms with E-state index in [4.69, 9.17) is 4.98 Å². The number of piperidine rings is 1. The molecule has 0 aliphatic carbocycles. The number of halogens is 1. The summed E-state index contributed by atoms with van der Waals surface area (Å²) in [5, 5.41) is 3.78. The molecule has 6 heteroatoms. The standard InChI is InChI=1S/C35H38FN3O2/c1-4-30(25-12-7-5-8-13-25)37-34(40)31-27-16-11-17-29(36)33(27)38-32(26-14-9-6-10-15-26)28(31)22-24-18-20-39(21-19-24)35(41)23(2)3/h5-17,23-24,30H,4,18-22H2,1-3H3,(H,37,40)/t30-/m0/s1. The Bertz CT molecular complexity index is 1510. The van der Waals surface area contributed by atoms with Gasteiger partial charge in [0.25, 0.3) is 5.91 Å². The minimum Gasteiger partial charge on any atom is -0.345 e. The summed E-state index contributed by atoms with van der Waals surface area (Å²) in [6.45, 7) is 7.32. The number of benzene rings is 3. The Morgan fingerprint density at radius 3 is 2.24 bits per heavy atom. The lowest BCUT2D eigenvalue weighted by atomic mass is 9.84. The second-order valence-electron chi connectivity index (χ2n) is 11.3. The molecular weight excluding hydrogens is 513 g/mol. The number of hydrogen-bond donors (Lipinski definition) is 1. The fraction of sp³-hybridized carbons (Fsp3) is 0.343. The van der Waals surface area contributed by atoms with Crippen LogP contribution in [-0.2, 0) is 11.2 Å². The average molecular weight is 552 g/mol. The molecule has 0 radical (unpaired) electrons. The summed E-state index contributed by atoms with van der Waals surface area (Å²) in [5.41, 5.74) is 4.04. The first-order valence-corrected chi connectivity index (χ1v) is 14.7. The minimum absolute atomic E-state index is 0.0257. The molecule has 1 atom stereocenters. The third-order valence-corrected chi connectivity index (χ3v) is 8.17. The van der Waals surface area contributed by atoms with E-state index in [0.29, 0.717) is 36.2 Å². The zero-order valence-electron chi connectivity index (χ0n) is 24.1. The molecule has 5 nitrogen and oxygen atoms in total. The summed E-state index contributed by atoms with van der Waals surface area (Å²) in [4.78, 5) is 33.7. The van der Waals surface area contributed by atoms with Crippen molar-refractivity contribution in [1.82, 2.24) is 15.2 Å². The number of aromatic nitrogens is 1. The topological polar surface area (TPSA) is 62.3 Å². The van der Waals surface area contributed by atoms with Crippen LogP contribution in [0.3, 0.4) is 0 Å². The van der Waals surface area contributed by atoms with E-state index in [-0.39, 0.29) is 35.2 Å². The van der Waals surface area contributed by atoms with Crippen LogP contribution in [0.5, 0.6) is 0 Å². The fourth-order valence-corrected chi connectivity index (χ4v) is 5.93. The van der Waals surface area contributed by atoms with Gasteiger partial charge >= 0.3 is 0 Å². The van der Waals surface area contributed by atoms with Gasteiger partial charge in [0.1, 0.15) is 11.3 Å². The monoisotopic (exact) mass is 551 g/mol. The Morgan fingerprint density at radius 1 is 0.951 bits per heavy atom. The van der Waals surface area contributed by atoms with Crippen LogP contribution in [0.2, 0.25) is 0 Å². The molecule has 0 unspecified atom stereocenters. The summed E-state index contributed by atoms with van der Waals surface area (Å²) >= 11 is 0. The second-order valence-corrected chi connectivity index (χ2v) is 11.3. The molecule has 3 aromatic carbocycles. The van der Waals surface area contributed by atoms with Crippen LogP contribution >= 0.6 is 0 Å². The van der Waals surface area contributed by atoms with E-state index in [2.05, 4.69) is 5.32 Å². The summed E-state index contributed by atoms with van der Waals surface area (Å²) < 4.78 is 15.3. The van der Waals surface area contributed by atoms with Gasteiger partial charge in [0.2, 0.25) is 5.91 Å². The van der Waals surface area contributed by atoms with E-state index in [1.807, 2.05) is 86.3 Å². The van der Waals surface area contributed by atoms with Crippen molar-refractivity contribution in [1.29, 1.82) is 0 Å². The van der Waals surface area contributed by atoms with E-state index in [1.165, 1.54) is 6.07 Å². The Morgan fingerprint density at radius 2 is 1.61 bits per heavy atom. The van der Waals surface area contributed by atoms with Gasteiger partial charge in [-0.2, -0.15) is 0 Å². The summed E-state index contributed by atoms with van der Waals surface area (Å²) in [7, 11) is 0. The van der Waals surface area contributed by atoms with Crippen LogP contribution in [0, 0.1) is 17.7 Å². The predicted octanol–water partition coefficient (Wildman–Crippen LogP) is 7.36. The van der Waals surface area contributed by atoms with E-state index in [9.17, 15) is 9.59 Å². The molecule has 41 heavy (non-hydrogen) atoms. The normalized spacial score (nSPS) is 14.8. The number of para-hydroxylation sites is 1. The molecule has 0 bridgehead atoms. The lowest BCUT2D eigenvalue weighted by molar-refractivity contribution is -0.135. The molecule has 212 valence electrons. The number of carbonyl (C=O) groups excluding carboxylic acids is 2. The SMILES string of the molecule is CC[C@H](NC(=O)c1c(CC2CCN(C(=O)C(C)C)CC2)c(-c2ccccc2)nc2c(F)cccc12)c1ccccc1. The number of fused-ring (bicyclic) bond motifs is 1. The zero-order valence-corrected chi connectivity index (χ0v) is 24.1. The molecule has 2 heterocycles. The third kappa shape index (κ3) is 6.17. The largest absolute Gasteiger partial charge is 0.345 e. The van der Waals surface area contributed by atoms with Crippen LogP contribution in [0.1, 0.15) is 67.6 Å². The highest BCUT2D eigenvalue weighted by molar-refractivity contribution is 6.09. The van der Waals surface area contributed by atoms with Crippen LogP contribution in [0.15, 0.2) is 78.9 Å². The maximum Gasteiger partial charge on any atom is 0.252 e. The molecule has 1 aliphatic rings. The van der Waals surface area contributed by atoms with E-state index >= 15 is 4.39 Å². The molecule has 1 fully saturated rings. The van der Waals surface area contributed by atoms with Gasteiger partial charge in [-0.05, 0) is 48.8 Å². The van der Waals surface area contributed by atoms with Crippen LogP contribution in [0.4, 0.5) is 4.39 Å². The molecule has 4 aromatic rings. The van der Waals surface area contributed by atoms with Crippen LogP contribution in [-0.4, -0.2) is 34.8 Å². The lowest BCUT2D eigenvalue weighted by Gasteiger charge is -2.33. The van der Waals surface area contributed by atoms with E-state index in [0.717, 1.165) is 36.0 Å². The molecule has 0 saturated carbocycles. The number of amides is 2. The highest BCUT2D eigenvalue weighted by Gasteiger charge is 2.29. The summed E-state index contributed by atoms with van der Waals surface area (Å²) in [6, 6.07) is 24.3. The van der Waals surface area contributed by atoms with Crippen molar-refractivity contribution in [3.63, 3.8) is 0 Å². The van der Waals surface area contributed by atoms with Gasteiger partial charge in [0, 0.05) is 30.0 Å². The van der Waals surface area contributed by atoms with Crippen molar-refractivity contribution in [3.8, 4) is 11.3 Å². The molecule has 1 aromatic heterocycles. The number of likely N-dealkylation sites (tertiary alicyclic amines) is 1. The van der Waals surface area contributed by atoms with E-state index < -0.39 is 5.82 Å². The van der Waals surface area contributed by atoms with Crippen molar-refractivity contribution in [2.75, 3.05) is 13.1 Å². The third-order valence-electron chi connectivity index (χ3n) is 8.17. The Hall–Kier alpha value is -4.06. The number of rotatable bonds is 8. The van der Waals surface area contributed by atoms with Gasteiger partial charge in [-0.1, -0.05) is 93.6 Å². The van der Waals surface area contributed by atoms with Crippen molar-refractivity contribution < 1.29 is 14.0 Å². The minimum atomic E-state index is -0.448. The predicted molar refractivity (Wildman–Crippen MR) is 162 cm³/mol. The lowest BCUT2D eigenvalue weighted by Crippen LogP contribution is -2.41. The Kier molecular flexibility index (Phi) is 8.77. The number of nitrogens with zero attached hydrogens (tertiary/aromatic N) is 2. The van der Waals surface area contributed by atoms with Crippen molar-refractivity contribution in [2.45, 2.75) is 52.5 Å². The zero-order chi connectivity index (χ0) is 28.9. The molecule has 1 aliphatic heterocycles. The first-order chi connectivity index (χ1) is 19.9. The smallest absolute Gasteiger partial charge is 0.252 e. The molecule has 2 amide bonds. The number of hydrogen-bond acceptors (Lipinski definition) is 3. The fourth-order valence-electron chi connectivity index (χ4n) is 5.93. The van der Waals surface area contributed by atoms with Gasteiger partial charge < -0.3 is 10.2 Å². The first-order valence-electron chi connectivity index (χ1n) is 14.7. The van der Waals surface area contributed by atoms with Crippen LogP contribution < -0.4 is 5.32 Å². The Labute approximate surface area is 241 Å². The molecular formula is C35H38FN3O2. The molecule has 1 saturated heterocycles.